The summed E-state index contributed by atoms with van der Waals surface area (Å²) in [6, 6.07) is 11.1. The van der Waals surface area contributed by atoms with Gasteiger partial charge in [-0.15, -0.1) is 0 Å². The predicted molar refractivity (Wildman–Crippen MR) is 165 cm³/mol. The van der Waals surface area contributed by atoms with E-state index in [0.717, 1.165) is 54.9 Å². The van der Waals surface area contributed by atoms with E-state index in [1.807, 2.05) is 18.3 Å². The number of piperidine rings is 1. The molecule has 3 N–H and O–H groups in total. The largest absolute Gasteiger partial charge is 0.478 e. The molecule has 2 aromatic heterocycles. The zero-order chi connectivity index (χ0) is 30.1. The second-order valence-corrected chi connectivity index (χ2v) is 12.0. The molecule has 222 valence electrons. The molecule has 0 radical (unpaired) electrons. The van der Waals surface area contributed by atoms with Gasteiger partial charge in [0.25, 0.3) is 5.56 Å². The molecular formula is C30H35BrN6O5. The van der Waals surface area contributed by atoms with Gasteiger partial charge in [0, 0.05) is 67.7 Å². The van der Waals surface area contributed by atoms with Crippen molar-refractivity contribution in [3.05, 3.63) is 74.7 Å². The number of carboxylic acid groups (broad SMARTS) is 2. The summed E-state index contributed by atoms with van der Waals surface area (Å²) in [5, 5.41) is 22.0. The number of carboxylic acids is 2. The van der Waals surface area contributed by atoms with Crippen LogP contribution in [0.2, 0.25) is 0 Å². The van der Waals surface area contributed by atoms with Crippen molar-refractivity contribution in [2.24, 2.45) is 7.05 Å². The lowest BCUT2D eigenvalue weighted by atomic mass is 9.94. The highest BCUT2D eigenvalue weighted by Gasteiger charge is 2.34. The van der Waals surface area contributed by atoms with Crippen molar-refractivity contribution in [2.45, 2.75) is 44.8 Å². The van der Waals surface area contributed by atoms with E-state index in [1.165, 1.54) is 16.7 Å². The topological polar surface area (TPSA) is 131 Å². The van der Waals surface area contributed by atoms with Gasteiger partial charge in [-0.3, -0.25) is 9.69 Å². The molecule has 1 aromatic carbocycles. The molecule has 0 aliphatic carbocycles. The number of benzene rings is 1. The molecule has 3 atom stereocenters. The second kappa shape index (κ2) is 12.1. The van der Waals surface area contributed by atoms with E-state index in [-0.39, 0.29) is 28.8 Å². The molecule has 5 rings (SSSR count). The predicted octanol–water partition coefficient (Wildman–Crippen LogP) is 4.25. The van der Waals surface area contributed by atoms with Crippen LogP contribution in [0.5, 0.6) is 0 Å². The number of pyridine rings is 2. The smallest absolute Gasteiger partial charge is 0.336 e. The van der Waals surface area contributed by atoms with Crippen molar-refractivity contribution in [3.8, 4) is 0 Å². The number of aromatic nitrogens is 2. The van der Waals surface area contributed by atoms with Crippen LogP contribution in [0.15, 0.2) is 58.1 Å². The number of rotatable bonds is 7. The second-order valence-electron chi connectivity index (χ2n) is 11.1. The fraction of sp³-hybridized carbons (Fsp3) is 0.400. The summed E-state index contributed by atoms with van der Waals surface area (Å²) < 4.78 is 2.32. The van der Waals surface area contributed by atoms with Crippen LogP contribution in [0, 0.1) is 0 Å². The summed E-state index contributed by atoms with van der Waals surface area (Å²) in [7, 11) is 1.71. The maximum atomic E-state index is 12.4. The Morgan fingerprint density at radius 3 is 2.31 bits per heavy atom. The number of nitrogens with zero attached hydrogens (tertiary/aromatic N) is 5. The third-order valence-electron chi connectivity index (χ3n) is 8.31. The lowest BCUT2D eigenvalue weighted by Crippen LogP contribution is -2.58. The maximum absolute atomic E-state index is 12.4. The Morgan fingerprint density at radius 1 is 0.952 bits per heavy atom. The summed E-state index contributed by atoms with van der Waals surface area (Å²) >= 11 is 3.42. The SMILES string of the molecule is CC1CN([C@H]2CCN(c3ccc(C(=O)O)c(C(=O)O)c3)[C@@H](C)C2)CCN1c1ccc(Nc2cc(Br)cn(C)c2=O)nc1. The quantitative estimate of drug-likeness (QED) is 0.345. The van der Waals surface area contributed by atoms with E-state index in [4.69, 9.17) is 0 Å². The van der Waals surface area contributed by atoms with E-state index in [2.05, 4.69) is 54.8 Å². The van der Waals surface area contributed by atoms with Gasteiger partial charge >= 0.3 is 11.9 Å². The Hall–Kier alpha value is -3.90. The van der Waals surface area contributed by atoms with Crippen LogP contribution in [0.4, 0.5) is 22.9 Å². The summed E-state index contributed by atoms with van der Waals surface area (Å²) in [6.45, 7) is 7.84. The number of halogens is 1. The number of piperazine rings is 1. The van der Waals surface area contributed by atoms with Crippen molar-refractivity contribution in [3.63, 3.8) is 0 Å². The van der Waals surface area contributed by atoms with Gasteiger partial charge in [0.15, 0.2) is 0 Å². The summed E-state index contributed by atoms with van der Waals surface area (Å²) in [4.78, 5) is 47.2. The Balaban J connectivity index is 1.19. The van der Waals surface area contributed by atoms with E-state index in [0.29, 0.717) is 17.5 Å². The first-order valence-electron chi connectivity index (χ1n) is 14.0. The van der Waals surface area contributed by atoms with Crippen molar-refractivity contribution < 1.29 is 19.8 Å². The van der Waals surface area contributed by atoms with Crippen molar-refractivity contribution in [1.29, 1.82) is 0 Å². The van der Waals surface area contributed by atoms with Gasteiger partial charge in [-0.25, -0.2) is 14.6 Å². The van der Waals surface area contributed by atoms with E-state index in [1.54, 1.807) is 25.4 Å². The summed E-state index contributed by atoms with van der Waals surface area (Å²) in [5.41, 5.74) is 1.72. The standard InChI is InChI=1S/C30H35BrN6O5/c1-18-12-21(8-9-36(18)22-4-6-24(29(39)40)25(14-22)30(41)42)35-10-11-37(19(2)16-35)23-5-7-27(32-15-23)33-26-13-20(31)17-34(3)28(26)38/h4-7,13-15,17-19,21H,8-12,16H2,1-3H3,(H,32,33)(H,39,40)(H,41,42)/t18-,19?,21-/m0/s1. The van der Waals surface area contributed by atoms with Gasteiger partial charge in [-0.1, -0.05) is 0 Å². The molecule has 2 saturated heterocycles. The monoisotopic (exact) mass is 638 g/mol. The molecule has 11 nitrogen and oxygen atoms in total. The first kappa shape index (κ1) is 29.6. The number of hydrogen-bond donors (Lipinski definition) is 3. The Morgan fingerprint density at radius 2 is 1.67 bits per heavy atom. The number of hydrogen-bond acceptors (Lipinski definition) is 8. The lowest BCUT2D eigenvalue weighted by Gasteiger charge is -2.48. The first-order chi connectivity index (χ1) is 20.0. The summed E-state index contributed by atoms with van der Waals surface area (Å²) in [5.74, 6) is -1.87. The molecular weight excluding hydrogens is 604 g/mol. The number of nitrogens with one attached hydrogen (secondary N) is 1. The minimum atomic E-state index is -1.24. The van der Waals surface area contributed by atoms with E-state index in [9.17, 15) is 24.6 Å². The minimum Gasteiger partial charge on any atom is -0.478 e. The molecule has 2 aliphatic rings. The van der Waals surface area contributed by atoms with Gasteiger partial charge in [0.1, 0.15) is 11.5 Å². The fourth-order valence-electron chi connectivity index (χ4n) is 6.17. The highest BCUT2D eigenvalue weighted by molar-refractivity contribution is 9.10. The molecule has 0 amide bonds. The highest BCUT2D eigenvalue weighted by Crippen LogP contribution is 2.31. The average Bonchev–Trinajstić information content (AvgIpc) is 2.95. The normalized spacial score (nSPS) is 21.3. The van der Waals surface area contributed by atoms with Gasteiger partial charge in [0.2, 0.25) is 0 Å². The first-order valence-corrected chi connectivity index (χ1v) is 14.8. The molecule has 1 unspecified atom stereocenters. The minimum absolute atomic E-state index is 0.130. The zero-order valence-electron chi connectivity index (χ0n) is 23.8. The van der Waals surface area contributed by atoms with Crippen molar-refractivity contribution >= 4 is 50.7 Å². The van der Waals surface area contributed by atoms with Crippen LogP contribution >= 0.6 is 15.9 Å². The maximum Gasteiger partial charge on any atom is 0.336 e. The molecule has 0 saturated carbocycles. The van der Waals surface area contributed by atoms with Crippen LogP contribution in [-0.4, -0.2) is 80.9 Å². The van der Waals surface area contributed by atoms with Gasteiger partial charge in [-0.2, -0.15) is 0 Å². The highest BCUT2D eigenvalue weighted by atomic mass is 79.9. The average molecular weight is 640 g/mol. The van der Waals surface area contributed by atoms with Crippen molar-refractivity contribution in [2.75, 3.05) is 41.3 Å². The molecule has 3 aromatic rings. The molecule has 2 fully saturated rings. The Bertz CT molecular complexity index is 1540. The number of carbonyl (C=O) groups is 2. The van der Waals surface area contributed by atoms with Crippen LogP contribution in [0.1, 0.15) is 47.4 Å². The molecule has 42 heavy (non-hydrogen) atoms. The van der Waals surface area contributed by atoms with Crippen molar-refractivity contribution in [1.82, 2.24) is 14.5 Å². The fourth-order valence-corrected chi connectivity index (χ4v) is 6.70. The Labute approximate surface area is 252 Å². The molecule has 4 heterocycles. The number of anilines is 4. The molecule has 2 aliphatic heterocycles. The van der Waals surface area contributed by atoms with Gasteiger partial charge in [-0.05, 0) is 79.0 Å². The Kier molecular flexibility index (Phi) is 8.55. The number of aromatic carboxylic acids is 2. The molecule has 0 bridgehead atoms. The molecule has 12 heteroatoms. The third kappa shape index (κ3) is 6.14. The van der Waals surface area contributed by atoms with Gasteiger partial charge in [0.05, 0.1) is 23.0 Å². The molecule has 0 spiro atoms. The van der Waals surface area contributed by atoms with Crippen LogP contribution in [-0.2, 0) is 7.05 Å². The van der Waals surface area contributed by atoms with Crippen LogP contribution in [0.25, 0.3) is 0 Å². The third-order valence-corrected chi connectivity index (χ3v) is 8.75. The summed E-state index contributed by atoms with van der Waals surface area (Å²) in [6.07, 6.45) is 5.44. The lowest BCUT2D eigenvalue weighted by molar-refractivity contribution is 0.0651. The van der Waals surface area contributed by atoms with E-state index < -0.39 is 11.9 Å². The van der Waals surface area contributed by atoms with Gasteiger partial charge < -0.3 is 29.9 Å². The number of aryl methyl sites for hydroxylation is 1. The zero-order valence-corrected chi connectivity index (χ0v) is 25.4. The van der Waals surface area contributed by atoms with Crippen LogP contribution in [0.3, 0.4) is 0 Å². The van der Waals surface area contributed by atoms with E-state index >= 15 is 0 Å². The van der Waals surface area contributed by atoms with Crippen LogP contribution < -0.4 is 20.7 Å².